The minimum absolute atomic E-state index is 0.0286. The molecule has 1 aromatic heterocycles. The van der Waals surface area contributed by atoms with E-state index in [4.69, 9.17) is 0 Å². The standard InChI is InChI=1S/C18H21FN2O2S/c1-12-5-4-8-21(16(12)10-22)18(23)15-11-24-17(20-15)9-13-6-2-3-7-14(13)19/h2-3,6-7,11-12,16,22H,4-5,8-10H2,1H3. The van der Waals surface area contributed by atoms with Crippen molar-refractivity contribution in [2.24, 2.45) is 5.92 Å². The molecule has 2 atom stereocenters. The van der Waals surface area contributed by atoms with Gasteiger partial charge in [-0.05, 0) is 30.4 Å². The normalized spacial score (nSPS) is 21.0. The summed E-state index contributed by atoms with van der Waals surface area (Å²) in [5, 5.41) is 12.0. The number of amides is 1. The summed E-state index contributed by atoms with van der Waals surface area (Å²) in [7, 11) is 0. The van der Waals surface area contributed by atoms with Gasteiger partial charge >= 0.3 is 0 Å². The third-order valence-electron chi connectivity index (χ3n) is 4.63. The maximum atomic E-state index is 13.7. The molecule has 0 radical (unpaired) electrons. The quantitative estimate of drug-likeness (QED) is 0.924. The molecule has 0 saturated carbocycles. The molecule has 6 heteroatoms. The van der Waals surface area contributed by atoms with Crippen LogP contribution in [0.2, 0.25) is 0 Å². The number of carbonyl (C=O) groups excluding carboxylic acids is 1. The first-order valence-corrected chi connectivity index (χ1v) is 9.07. The lowest BCUT2D eigenvalue weighted by Crippen LogP contribution is -2.49. The SMILES string of the molecule is CC1CCCN(C(=O)c2csc(Cc3ccccc3F)n2)C1CO. The molecule has 1 amide bonds. The summed E-state index contributed by atoms with van der Waals surface area (Å²) in [5.41, 5.74) is 0.963. The Morgan fingerprint density at radius 2 is 2.25 bits per heavy atom. The van der Waals surface area contributed by atoms with Crippen LogP contribution in [0.5, 0.6) is 0 Å². The molecule has 128 valence electrons. The number of aliphatic hydroxyl groups is 1. The van der Waals surface area contributed by atoms with Gasteiger partial charge in [0.2, 0.25) is 0 Å². The minimum Gasteiger partial charge on any atom is -0.394 e. The predicted molar refractivity (Wildman–Crippen MR) is 91.6 cm³/mol. The highest BCUT2D eigenvalue weighted by molar-refractivity contribution is 7.09. The van der Waals surface area contributed by atoms with Gasteiger partial charge in [-0.25, -0.2) is 9.37 Å². The predicted octanol–water partition coefficient (Wildman–Crippen LogP) is 3.11. The molecule has 4 nitrogen and oxygen atoms in total. The van der Waals surface area contributed by atoms with Crippen molar-refractivity contribution in [3.05, 3.63) is 51.7 Å². The van der Waals surface area contributed by atoms with E-state index in [1.54, 1.807) is 28.5 Å². The number of nitrogens with zero attached hydrogens (tertiary/aromatic N) is 2. The number of halogens is 1. The highest BCUT2D eigenvalue weighted by atomic mass is 32.1. The largest absolute Gasteiger partial charge is 0.394 e. The monoisotopic (exact) mass is 348 g/mol. The molecule has 3 rings (SSSR count). The Morgan fingerprint density at radius 1 is 1.46 bits per heavy atom. The molecule has 2 unspecified atom stereocenters. The molecule has 1 saturated heterocycles. The summed E-state index contributed by atoms with van der Waals surface area (Å²) in [5.74, 6) is -0.119. The van der Waals surface area contributed by atoms with Crippen LogP contribution in [0.25, 0.3) is 0 Å². The maximum Gasteiger partial charge on any atom is 0.273 e. The van der Waals surface area contributed by atoms with E-state index >= 15 is 0 Å². The average molecular weight is 348 g/mol. The fourth-order valence-corrected chi connectivity index (χ4v) is 4.01. The van der Waals surface area contributed by atoms with Crippen molar-refractivity contribution in [2.75, 3.05) is 13.2 Å². The maximum absolute atomic E-state index is 13.7. The van der Waals surface area contributed by atoms with Crippen LogP contribution < -0.4 is 0 Å². The van der Waals surface area contributed by atoms with Crippen LogP contribution in [0.4, 0.5) is 4.39 Å². The van der Waals surface area contributed by atoms with E-state index in [0.29, 0.717) is 29.2 Å². The van der Waals surface area contributed by atoms with Crippen molar-refractivity contribution in [1.82, 2.24) is 9.88 Å². The second-order valence-electron chi connectivity index (χ2n) is 6.26. The molecule has 24 heavy (non-hydrogen) atoms. The molecular formula is C18H21FN2O2S. The molecule has 1 aliphatic heterocycles. The lowest BCUT2D eigenvalue weighted by atomic mass is 9.91. The number of hydrogen-bond acceptors (Lipinski definition) is 4. The van der Waals surface area contributed by atoms with Gasteiger partial charge in [0.15, 0.2) is 0 Å². The molecule has 0 bridgehead atoms. The number of benzene rings is 1. The molecule has 1 aliphatic rings. The first-order chi connectivity index (χ1) is 11.6. The second kappa shape index (κ2) is 7.40. The number of piperidine rings is 1. The summed E-state index contributed by atoms with van der Waals surface area (Å²) >= 11 is 1.37. The van der Waals surface area contributed by atoms with Crippen LogP contribution in [0.15, 0.2) is 29.6 Å². The Morgan fingerprint density at radius 3 is 3.00 bits per heavy atom. The summed E-state index contributed by atoms with van der Waals surface area (Å²) in [6.07, 6.45) is 2.34. The van der Waals surface area contributed by atoms with Gasteiger partial charge in [-0.3, -0.25) is 4.79 Å². The van der Waals surface area contributed by atoms with Crippen LogP contribution in [-0.4, -0.2) is 40.1 Å². The lowest BCUT2D eigenvalue weighted by Gasteiger charge is -2.38. The van der Waals surface area contributed by atoms with Crippen LogP contribution >= 0.6 is 11.3 Å². The van der Waals surface area contributed by atoms with E-state index in [1.165, 1.54) is 17.4 Å². The van der Waals surface area contributed by atoms with Crippen LogP contribution in [0.3, 0.4) is 0 Å². The topological polar surface area (TPSA) is 53.4 Å². The summed E-state index contributed by atoms with van der Waals surface area (Å²) in [4.78, 5) is 18.9. The minimum atomic E-state index is -0.259. The third kappa shape index (κ3) is 3.49. The van der Waals surface area contributed by atoms with Gasteiger partial charge in [0, 0.05) is 18.3 Å². The summed E-state index contributed by atoms with van der Waals surface area (Å²) in [6, 6.07) is 6.45. The van der Waals surface area contributed by atoms with Gasteiger partial charge in [-0.2, -0.15) is 0 Å². The number of hydrogen-bond donors (Lipinski definition) is 1. The van der Waals surface area contributed by atoms with Crippen molar-refractivity contribution in [3.8, 4) is 0 Å². The van der Waals surface area contributed by atoms with Gasteiger partial charge < -0.3 is 10.0 Å². The second-order valence-corrected chi connectivity index (χ2v) is 7.21. The number of carbonyl (C=O) groups is 1. The Kier molecular flexibility index (Phi) is 5.26. The first-order valence-electron chi connectivity index (χ1n) is 8.19. The zero-order chi connectivity index (χ0) is 17.1. The van der Waals surface area contributed by atoms with Gasteiger partial charge in [-0.15, -0.1) is 11.3 Å². The Hall–Kier alpha value is -1.79. The number of likely N-dealkylation sites (tertiary alicyclic amines) is 1. The van der Waals surface area contributed by atoms with Crippen molar-refractivity contribution in [1.29, 1.82) is 0 Å². The van der Waals surface area contributed by atoms with Crippen LogP contribution in [0.1, 0.15) is 40.8 Å². The summed E-state index contributed by atoms with van der Waals surface area (Å²) in [6.45, 7) is 2.68. The molecule has 1 fully saturated rings. The van der Waals surface area contributed by atoms with Gasteiger partial charge in [-0.1, -0.05) is 25.1 Å². The average Bonchev–Trinajstić information content (AvgIpc) is 3.04. The zero-order valence-electron chi connectivity index (χ0n) is 13.6. The Bertz CT molecular complexity index is 719. The van der Waals surface area contributed by atoms with E-state index in [-0.39, 0.29) is 30.3 Å². The van der Waals surface area contributed by atoms with Crippen molar-refractivity contribution < 1.29 is 14.3 Å². The fourth-order valence-electron chi connectivity index (χ4n) is 3.22. The van der Waals surface area contributed by atoms with E-state index in [9.17, 15) is 14.3 Å². The molecule has 2 aromatic rings. The molecule has 0 spiro atoms. The Labute approximate surface area is 145 Å². The number of rotatable bonds is 4. The van der Waals surface area contributed by atoms with Crippen LogP contribution in [0, 0.1) is 11.7 Å². The summed E-state index contributed by atoms with van der Waals surface area (Å²) < 4.78 is 13.7. The smallest absolute Gasteiger partial charge is 0.273 e. The molecule has 1 aromatic carbocycles. The molecule has 0 aliphatic carbocycles. The number of thiazole rings is 1. The van der Waals surface area contributed by atoms with E-state index < -0.39 is 0 Å². The Balaban J connectivity index is 1.75. The lowest BCUT2D eigenvalue weighted by molar-refractivity contribution is 0.0354. The highest BCUT2D eigenvalue weighted by Crippen LogP contribution is 2.25. The van der Waals surface area contributed by atoms with Crippen molar-refractivity contribution in [3.63, 3.8) is 0 Å². The van der Waals surface area contributed by atoms with Crippen molar-refractivity contribution >= 4 is 17.2 Å². The first kappa shape index (κ1) is 17.0. The molecule has 2 heterocycles. The van der Waals surface area contributed by atoms with Crippen molar-refractivity contribution in [2.45, 2.75) is 32.2 Å². The van der Waals surface area contributed by atoms with Crippen LogP contribution in [-0.2, 0) is 6.42 Å². The van der Waals surface area contributed by atoms with E-state index in [1.807, 2.05) is 0 Å². The van der Waals surface area contributed by atoms with Gasteiger partial charge in [0.25, 0.3) is 5.91 Å². The third-order valence-corrected chi connectivity index (χ3v) is 5.48. The molecular weight excluding hydrogens is 327 g/mol. The molecule has 1 N–H and O–H groups in total. The van der Waals surface area contributed by atoms with E-state index in [0.717, 1.165) is 12.8 Å². The number of aromatic nitrogens is 1. The van der Waals surface area contributed by atoms with Gasteiger partial charge in [0.1, 0.15) is 11.5 Å². The highest BCUT2D eigenvalue weighted by Gasteiger charge is 2.32. The van der Waals surface area contributed by atoms with E-state index in [2.05, 4.69) is 11.9 Å². The zero-order valence-corrected chi connectivity index (χ0v) is 14.4. The fraction of sp³-hybridized carbons (Fsp3) is 0.444. The number of aliphatic hydroxyl groups excluding tert-OH is 1. The van der Waals surface area contributed by atoms with Gasteiger partial charge in [0.05, 0.1) is 17.7 Å².